The summed E-state index contributed by atoms with van der Waals surface area (Å²) in [6.45, 7) is 0. The first-order valence-corrected chi connectivity index (χ1v) is 12.3. The fourth-order valence-electron chi connectivity index (χ4n) is 5.51. The first-order chi connectivity index (χ1) is 18.5. The number of nitrogens with one attached hydrogen (secondary N) is 2. The number of benzene rings is 4. The first kappa shape index (κ1) is 25.2. The highest BCUT2D eigenvalue weighted by Crippen LogP contribution is 2.48. The number of hydrogen-bond acceptors (Lipinski definition) is 6. The summed E-state index contributed by atoms with van der Waals surface area (Å²) >= 11 is 0. The van der Waals surface area contributed by atoms with Crippen molar-refractivity contribution in [2.24, 2.45) is 0 Å². The zero-order valence-electron chi connectivity index (χ0n) is 21.1. The maximum absolute atomic E-state index is 14.0. The van der Waals surface area contributed by atoms with E-state index in [0.717, 1.165) is 16.3 Å². The van der Waals surface area contributed by atoms with E-state index in [1.165, 1.54) is 14.2 Å². The van der Waals surface area contributed by atoms with Crippen LogP contribution < -0.4 is 10.6 Å². The number of hydrogen-bond donors (Lipinski definition) is 2. The molecule has 1 aliphatic heterocycles. The van der Waals surface area contributed by atoms with Crippen LogP contribution in [0.15, 0.2) is 103 Å². The van der Waals surface area contributed by atoms with Gasteiger partial charge >= 0.3 is 11.9 Å². The lowest BCUT2D eigenvalue weighted by molar-refractivity contribution is -0.150. The average molecular weight is 509 g/mol. The van der Waals surface area contributed by atoms with Gasteiger partial charge in [-0.05, 0) is 40.1 Å². The summed E-state index contributed by atoms with van der Waals surface area (Å²) in [4.78, 5) is 40.8. The van der Waals surface area contributed by atoms with E-state index < -0.39 is 41.4 Å². The van der Waals surface area contributed by atoms with E-state index in [0.29, 0.717) is 11.1 Å². The number of esters is 2. The third-order valence-corrected chi connectivity index (χ3v) is 7.23. The molecule has 4 atom stereocenters. The minimum absolute atomic E-state index is 0.376. The van der Waals surface area contributed by atoms with Gasteiger partial charge in [0.15, 0.2) is 5.54 Å². The molecule has 192 valence electrons. The average Bonchev–Trinajstić information content (AvgIpc) is 3.32. The van der Waals surface area contributed by atoms with E-state index in [1.807, 2.05) is 78.9 Å². The Labute approximate surface area is 220 Å². The molecule has 4 aromatic carbocycles. The lowest BCUT2D eigenvalue weighted by Gasteiger charge is -2.38. The van der Waals surface area contributed by atoms with Crippen molar-refractivity contribution in [2.45, 2.75) is 23.5 Å². The number of ether oxygens (including phenoxy) is 2. The van der Waals surface area contributed by atoms with Crippen LogP contribution in [0.1, 0.15) is 33.4 Å². The maximum atomic E-state index is 14.0. The van der Waals surface area contributed by atoms with Gasteiger partial charge in [0.2, 0.25) is 0 Å². The topological polar surface area (TPSA) is 93.7 Å². The Kier molecular flexibility index (Phi) is 6.94. The Bertz CT molecular complexity index is 1470. The Hall–Kier alpha value is -4.49. The van der Waals surface area contributed by atoms with Gasteiger partial charge in [-0.2, -0.15) is 0 Å². The summed E-state index contributed by atoms with van der Waals surface area (Å²) in [5.41, 5.74) is 0.0817. The van der Waals surface area contributed by atoms with Crippen molar-refractivity contribution in [3.05, 3.63) is 120 Å². The molecule has 1 fully saturated rings. The predicted octanol–water partition coefficient (Wildman–Crippen LogP) is 4.15. The normalized spacial score (nSPS) is 22.5. The molecular formula is C31H28N2O5. The molecule has 0 aromatic heterocycles. The van der Waals surface area contributed by atoms with E-state index in [9.17, 15) is 14.4 Å². The number of fused-ring (bicyclic) bond motifs is 1. The molecule has 1 amide bonds. The monoisotopic (exact) mass is 508 g/mol. The van der Waals surface area contributed by atoms with Crippen LogP contribution >= 0.6 is 0 Å². The number of rotatable bonds is 6. The Morgan fingerprint density at radius 1 is 0.737 bits per heavy atom. The standard InChI is InChI=1S/C31H28N2O5/c1-37-29(35)26-25(21-12-5-3-6-13-21)31(30(36)38-2,33-28(34)22-14-7-4-8-15-22)27(32-26)24-18-17-20-11-9-10-16-23(20)19-24/h3-19,25-27,32H,1-2H3,(H,33,34). The Balaban J connectivity index is 1.76. The lowest BCUT2D eigenvalue weighted by Crippen LogP contribution is -2.61. The molecule has 7 heteroatoms. The van der Waals surface area contributed by atoms with Crippen LogP contribution in [0.25, 0.3) is 10.8 Å². The van der Waals surface area contributed by atoms with Crippen molar-refractivity contribution >= 4 is 28.6 Å². The van der Waals surface area contributed by atoms with Crippen molar-refractivity contribution in [3.8, 4) is 0 Å². The number of methoxy groups -OCH3 is 2. The van der Waals surface area contributed by atoms with Crippen LogP contribution in [0.3, 0.4) is 0 Å². The van der Waals surface area contributed by atoms with Gasteiger partial charge in [0, 0.05) is 11.5 Å². The molecule has 0 spiro atoms. The molecule has 1 saturated heterocycles. The Morgan fingerprint density at radius 2 is 1.37 bits per heavy atom. The highest BCUT2D eigenvalue weighted by atomic mass is 16.5. The van der Waals surface area contributed by atoms with E-state index in [-0.39, 0.29) is 0 Å². The van der Waals surface area contributed by atoms with Crippen LogP contribution in [0, 0.1) is 0 Å². The second kappa shape index (κ2) is 10.5. The van der Waals surface area contributed by atoms with Gasteiger partial charge in [0.05, 0.1) is 20.3 Å². The zero-order valence-corrected chi connectivity index (χ0v) is 21.1. The molecule has 5 rings (SSSR count). The molecular weight excluding hydrogens is 480 g/mol. The summed E-state index contributed by atoms with van der Waals surface area (Å²) in [6.07, 6.45) is 0. The van der Waals surface area contributed by atoms with Gasteiger partial charge in [0.25, 0.3) is 5.91 Å². The van der Waals surface area contributed by atoms with Gasteiger partial charge in [-0.3, -0.25) is 14.9 Å². The highest BCUT2D eigenvalue weighted by Gasteiger charge is 2.64. The second-order valence-corrected chi connectivity index (χ2v) is 9.28. The summed E-state index contributed by atoms with van der Waals surface area (Å²) in [6, 6.07) is 29.7. The van der Waals surface area contributed by atoms with Gasteiger partial charge in [0.1, 0.15) is 6.04 Å². The maximum Gasteiger partial charge on any atom is 0.334 e. The third-order valence-electron chi connectivity index (χ3n) is 7.23. The molecule has 1 aliphatic rings. The molecule has 7 nitrogen and oxygen atoms in total. The molecule has 4 aromatic rings. The van der Waals surface area contributed by atoms with E-state index >= 15 is 0 Å². The minimum Gasteiger partial charge on any atom is -0.468 e. The van der Waals surface area contributed by atoms with Crippen LogP contribution in [-0.2, 0) is 19.1 Å². The largest absolute Gasteiger partial charge is 0.468 e. The molecule has 0 aliphatic carbocycles. The summed E-state index contributed by atoms with van der Waals surface area (Å²) in [5, 5.41) is 8.35. The fourth-order valence-corrected chi connectivity index (χ4v) is 5.51. The fraction of sp³-hybridized carbons (Fsp3) is 0.194. The first-order valence-electron chi connectivity index (χ1n) is 12.3. The molecule has 0 bridgehead atoms. The van der Waals surface area contributed by atoms with Crippen molar-refractivity contribution < 1.29 is 23.9 Å². The van der Waals surface area contributed by atoms with Crippen LogP contribution in [0.2, 0.25) is 0 Å². The molecule has 2 N–H and O–H groups in total. The number of amides is 1. The van der Waals surface area contributed by atoms with Crippen molar-refractivity contribution in [3.63, 3.8) is 0 Å². The van der Waals surface area contributed by atoms with Gasteiger partial charge in [-0.15, -0.1) is 0 Å². The number of carbonyl (C=O) groups is 3. The predicted molar refractivity (Wildman–Crippen MR) is 143 cm³/mol. The quantitative estimate of drug-likeness (QED) is 0.380. The van der Waals surface area contributed by atoms with Crippen molar-refractivity contribution in [2.75, 3.05) is 14.2 Å². The van der Waals surface area contributed by atoms with Crippen LogP contribution in [-0.4, -0.2) is 43.6 Å². The van der Waals surface area contributed by atoms with Crippen LogP contribution in [0.4, 0.5) is 0 Å². The molecule has 1 heterocycles. The second-order valence-electron chi connectivity index (χ2n) is 9.28. The van der Waals surface area contributed by atoms with Crippen molar-refractivity contribution in [1.29, 1.82) is 0 Å². The van der Waals surface area contributed by atoms with E-state index in [4.69, 9.17) is 9.47 Å². The van der Waals surface area contributed by atoms with Gasteiger partial charge in [-0.1, -0.05) is 84.9 Å². The summed E-state index contributed by atoms with van der Waals surface area (Å²) < 4.78 is 10.6. The van der Waals surface area contributed by atoms with Crippen molar-refractivity contribution in [1.82, 2.24) is 10.6 Å². The number of carbonyl (C=O) groups excluding carboxylic acids is 3. The van der Waals surface area contributed by atoms with E-state index in [1.54, 1.807) is 24.3 Å². The summed E-state index contributed by atoms with van der Waals surface area (Å²) in [7, 11) is 2.58. The van der Waals surface area contributed by atoms with Gasteiger partial charge < -0.3 is 14.8 Å². The molecule has 38 heavy (non-hydrogen) atoms. The smallest absolute Gasteiger partial charge is 0.334 e. The van der Waals surface area contributed by atoms with E-state index in [2.05, 4.69) is 10.6 Å². The molecule has 0 saturated carbocycles. The highest BCUT2D eigenvalue weighted by molar-refractivity contribution is 6.00. The third kappa shape index (κ3) is 4.31. The summed E-state index contributed by atoms with van der Waals surface area (Å²) in [5.74, 6) is -2.53. The zero-order chi connectivity index (χ0) is 26.7. The van der Waals surface area contributed by atoms with Crippen LogP contribution in [0.5, 0.6) is 0 Å². The van der Waals surface area contributed by atoms with Gasteiger partial charge in [-0.25, -0.2) is 4.79 Å². The molecule has 4 unspecified atom stereocenters. The SMILES string of the molecule is COC(=O)C1NC(c2ccc3ccccc3c2)C(NC(=O)c2ccccc2)(C(=O)OC)C1c1ccccc1. The minimum atomic E-state index is -1.69. The lowest BCUT2D eigenvalue weighted by atomic mass is 9.73. The Morgan fingerprint density at radius 3 is 2.03 bits per heavy atom. The molecule has 0 radical (unpaired) electrons.